The van der Waals surface area contributed by atoms with Crippen LogP contribution in [0.25, 0.3) is 0 Å². The van der Waals surface area contributed by atoms with Gasteiger partial charge in [0.15, 0.2) is 0 Å². The van der Waals surface area contributed by atoms with Crippen LogP contribution in [0, 0.1) is 0 Å². The molecule has 0 unspecified atom stereocenters. The Balaban J connectivity index is 2.66. The SMILES string of the molecule is CN(Cc1cnc(Cl)cc1Cl)CC(C)(C)O. The zero-order chi connectivity index (χ0) is 12.3. The molecular weight excluding hydrogens is 247 g/mol. The van der Waals surface area contributed by atoms with E-state index in [9.17, 15) is 5.11 Å². The molecule has 0 aliphatic rings. The molecule has 0 saturated heterocycles. The number of rotatable bonds is 4. The molecular formula is C11H16Cl2N2O. The van der Waals surface area contributed by atoms with Crippen molar-refractivity contribution in [2.75, 3.05) is 13.6 Å². The second-order valence-corrected chi connectivity index (χ2v) is 5.38. The van der Waals surface area contributed by atoms with E-state index in [1.165, 1.54) is 0 Å². The summed E-state index contributed by atoms with van der Waals surface area (Å²) in [6.45, 7) is 4.73. The fourth-order valence-corrected chi connectivity index (χ4v) is 1.99. The number of aromatic nitrogens is 1. The lowest BCUT2D eigenvalue weighted by atomic mass is 10.1. The van der Waals surface area contributed by atoms with Crippen molar-refractivity contribution < 1.29 is 5.11 Å². The first kappa shape index (κ1) is 13.7. The van der Waals surface area contributed by atoms with Crippen molar-refractivity contribution in [3.63, 3.8) is 0 Å². The van der Waals surface area contributed by atoms with Gasteiger partial charge in [0.25, 0.3) is 0 Å². The van der Waals surface area contributed by atoms with Crippen molar-refractivity contribution in [2.45, 2.75) is 26.0 Å². The summed E-state index contributed by atoms with van der Waals surface area (Å²) in [4.78, 5) is 5.96. The van der Waals surface area contributed by atoms with Crippen LogP contribution in [-0.4, -0.2) is 34.2 Å². The molecule has 16 heavy (non-hydrogen) atoms. The summed E-state index contributed by atoms with van der Waals surface area (Å²) < 4.78 is 0. The maximum atomic E-state index is 9.67. The van der Waals surface area contributed by atoms with Gasteiger partial charge in [0.2, 0.25) is 0 Å². The maximum Gasteiger partial charge on any atom is 0.130 e. The number of hydrogen-bond acceptors (Lipinski definition) is 3. The van der Waals surface area contributed by atoms with Gasteiger partial charge in [-0.25, -0.2) is 4.98 Å². The van der Waals surface area contributed by atoms with Crippen molar-refractivity contribution in [3.8, 4) is 0 Å². The molecule has 1 N–H and O–H groups in total. The maximum absolute atomic E-state index is 9.67. The van der Waals surface area contributed by atoms with Gasteiger partial charge in [0, 0.05) is 29.9 Å². The smallest absolute Gasteiger partial charge is 0.130 e. The number of aliphatic hydroxyl groups is 1. The van der Waals surface area contributed by atoms with E-state index < -0.39 is 5.60 Å². The Bertz CT molecular complexity index is 363. The number of likely N-dealkylation sites (N-methyl/N-ethyl adjacent to an activating group) is 1. The molecule has 0 aliphatic carbocycles. The molecule has 0 fully saturated rings. The molecule has 1 aromatic rings. The molecule has 0 spiro atoms. The highest BCUT2D eigenvalue weighted by Crippen LogP contribution is 2.20. The van der Waals surface area contributed by atoms with Crippen LogP contribution in [0.15, 0.2) is 12.3 Å². The van der Waals surface area contributed by atoms with Crippen LogP contribution in [0.1, 0.15) is 19.4 Å². The van der Waals surface area contributed by atoms with E-state index in [-0.39, 0.29) is 0 Å². The minimum Gasteiger partial charge on any atom is -0.389 e. The molecule has 0 amide bonds. The Morgan fingerprint density at radius 3 is 2.56 bits per heavy atom. The average molecular weight is 263 g/mol. The zero-order valence-electron chi connectivity index (χ0n) is 9.67. The quantitative estimate of drug-likeness (QED) is 0.848. The number of nitrogens with zero attached hydrogens (tertiary/aromatic N) is 2. The summed E-state index contributed by atoms with van der Waals surface area (Å²) >= 11 is 11.7. The summed E-state index contributed by atoms with van der Waals surface area (Å²) in [6, 6.07) is 1.62. The molecule has 1 rings (SSSR count). The average Bonchev–Trinajstić information content (AvgIpc) is 2.06. The fraction of sp³-hybridized carbons (Fsp3) is 0.545. The molecule has 0 radical (unpaired) electrons. The lowest BCUT2D eigenvalue weighted by Gasteiger charge is -2.25. The van der Waals surface area contributed by atoms with Crippen LogP contribution in [0.5, 0.6) is 0 Å². The predicted molar refractivity (Wildman–Crippen MR) is 66.9 cm³/mol. The van der Waals surface area contributed by atoms with E-state index in [4.69, 9.17) is 23.2 Å². The minimum atomic E-state index is -0.721. The first-order valence-electron chi connectivity index (χ1n) is 4.99. The summed E-state index contributed by atoms with van der Waals surface area (Å²) in [6.07, 6.45) is 1.66. The summed E-state index contributed by atoms with van der Waals surface area (Å²) in [5.74, 6) is 0. The third-order valence-corrected chi connectivity index (χ3v) is 2.55. The normalized spacial score (nSPS) is 12.2. The van der Waals surface area contributed by atoms with Gasteiger partial charge in [0.1, 0.15) is 5.15 Å². The lowest BCUT2D eigenvalue weighted by Crippen LogP contribution is -2.35. The van der Waals surface area contributed by atoms with Crippen molar-refractivity contribution in [3.05, 3.63) is 28.0 Å². The van der Waals surface area contributed by atoms with Crippen LogP contribution >= 0.6 is 23.2 Å². The molecule has 90 valence electrons. The Hall–Kier alpha value is -0.350. The van der Waals surface area contributed by atoms with E-state index in [1.54, 1.807) is 26.1 Å². The summed E-state index contributed by atoms with van der Waals surface area (Å²) in [5.41, 5.74) is 0.180. The molecule has 0 saturated carbocycles. The lowest BCUT2D eigenvalue weighted by molar-refractivity contribution is 0.0424. The topological polar surface area (TPSA) is 36.4 Å². The second kappa shape index (κ2) is 5.32. The van der Waals surface area contributed by atoms with Crippen molar-refractivity contribution in [1.82, 2.24) is 9.88 Å². The molecule has 5 heteroatoms. The highest BCUT2D eigenvalue weighted by molar-refractivity contribution is 6.34. The van der Waals surface area contributed by atoms with Gasteiger partial charge >= 0.3 is 0 Å². The molecule has 0 bridgehead atoms. The van der Waals surface area contributed by atoms with E-state index >= 15 is 0 Å². The van der Waals surface area contributed by atoms with E-state index in [0.717, 1.165) is 5.56 Å². The molecule has 0 aromatic carbocycles. The van der Waals surface area contributed by atoms with Crippen LogP contribution in [-0.2, 0) is 6.54 Å². The van der Waals surface area contributed by atoms with Crippen molar-refractivity contribution in [2.24, 2.45) is 0 Å². The van der Waals surface area contributed by atoms with E-state index in [1.807, 2.05) is 11.9 Å². The van der Waals surface area contributed by atoms with Crippen LogP contribution < -0.4 is 0 Å². The number of pyridine rings is 1. The second-order valence-electron chi connectivity index (χ2n) is 4.58. The molecule has 0 aliphatic heterocycles. The van der Waals surface area contributed by atoms with Gasteiger partial charge in [-0.15, -0.1) is 0 Å². The van der Waals surface area contributed by atoms with Crippen LogP contribution in [0.4, 0.5) is 0 Å². The zero-order valence-corrected chi connectivity index (χ0v) is 11.2. The van der Waals surface area contributed by atoms with E-state index in [0.29, 0.717) is 23.3 Å². The van der Waals surface area contributed by atoms with Crippen molar-refractivity contribution in [1.29, 1.82) is 0 Å². The Labute approximate surface area is 106 Å². The Kier molecular flexibility index (Phi) is 4.56. The fourth-order valence-electron chi connectivity index (χ4n) is 1.56. The van der Waals surface area contributed by atoms with Gasteiger partial charge in [-0.05, 0) is 27.0 Å². The highest BCUT2D eigenvalue weighted by Gasteiger charge is 2.16. The third kappa shape index (κ3) is 4.66. The molecule has 3 nitrogen and oxygen atoms in total. The van der Waals surface area contributed by atoms with Crippen molar-refractivity contribution >= 4 is 23.2 Å². The first-order chi connectivity index (χ1) is 7.28. The largest absolute Gasteiger partial charge is 0.389 e. The standard InChI is InChI=1S/C11H16Cl2N2O/c1-11(2,16)7-15(3)6-8-5-14-10(13)4-9(8)12/h4-5,16H,6-7H2,1-3H3. The number of halogens is 2. The van der Waals surface area contributed by atoms with Gasteiger partial charge in [-0.1, -0.05) is 23.2 Å². The van der Waals surface area contributed by atoms with E-state index in [2.05, 4.69) is 4.98 Å². The van der Waals surface area contributed by atoms with Crippen LogP contribution in [0.3, 0.4) is 0 Å². The monoisotopic (exact) mass is 262 g/mol. The Morgan fingerprint density at radius 2 is 2.06 bits per heavy atom. The van der Waals surface area contributed by atoms with Gasteiger partial charge in [0.05, 0.1) is 5.60 Å². The summed E-state index contributed by atoms with van der Waals surface area (Å²) in [5, 5.41) is 10.7. The molecule has 1 aromatic heterocycles. The van der Waals surface area contributed by atoms with Gasteiger partial charge in [-0.3, -0.25) is 4.90 Å². The third-order valence-electron chi connectivity index (χ3n) is 1.99. The van der Waals surface area contributed by atoms with Gasteiger partial charge < -0.3 is 5.11 Å². The van der Waals surface area contributed by atoms with Crippen LogP contribution in [0.2, 0.25) is 10.2 Å². The van der Waals surface area contributed by atoms with Gasteiger partial charge in [-0.2, -0.15) is 0 Å². The minimum absolute atomic E-state index is 0.388. The predicted octanol–water partition coefficient (Wildman–Crippen LogP) is 2.59. The highest BCUT2D eigenvalue weighted by atomic mass is 35.5. The molecule has 1 heterocycles. The summed E-state index contributed by atoms with van der Waals surface area (Å²) in [7, 11) is 1.92. The number of hydrogen-bond donors (Lipinski definition) is 1. The first-order valence-corrected chi connectivity index (χ1v) is 5.74. The Morgan fingerprint density at radius 1 is 1.44 bits per heavy atom. The molecule has 0 atom stereocenters.